The summed E-state index contributed by atoms with van der Waals surface area (Å²) in [6.45, 7) is 6.94. The molecule has 0 aromatic rings. The molecule has 0 unspecified atom stereocenters. The van der Waals surface area contributed by atoms with Gasteiger partial charge in [-0.2, -0.15) is 0 Å². The van der Waals surface area contributed by atoms with E-state index < -0.39 is 5.97 Å². The summed E-state index contributed by atoms with van der Waals surface area (Å²) < 4.78 is 0. The summed E-state index contributed by atoms with van der Waals surface area (Å²) in [5, 5.41) is 11.6. The van der Waals surface area contributed by atoms with E-state index in [0.29, 0.717) is 6.54 Å². The highest BCUT2D eigenvalue weighted by Gasteiger charge is 2.24. The Morgan fingerprint density at radius 2 is 1.89 bits per heavy atom. The minimum absolute atomic E-state index is 0.0401. The maximum Gasteiger partial charge on any atom is 0.328 e. The number of aliphatic carboxylic acids is 1. The van der Waals surface area contributed by atoms with Crippen molar-refractivity contribution in [2.45, 2.75) is 46.5 Å². The first-order chi connectivity index (χ1) is 8.28. The first kappa shape index (κ1) is 14.7. The fraction of sp³-hybridized carbons (Fsp3) is 0.714. The predicted octanol–water partition coefficient (Wildman–Crippen LogP) is 2.35. The topological polar surface area (TPSA) is 66.4 Å². The van der Waals surface area contributed by atoms with Crippen LogP contribution in [0.2, 0.25) is 0 Å². The van der Waals surface area contributed by atoms with E-state index in [1.54, 1.807) is 0 Å². The van der Waals surface area contributed by atoms with Gasteiger partial charge in [0.1, 0.15) is 0 Å². The number of rotatable bonds is 3. The maximum atomic E-state index is 11.9. The molecule has 0 bridgehead atoms. The van der Waals surface area contributed by atoms with Gasteiger partial charge in [0.05, 0.1) is 0 Å². The van der Waals surface area contributed by atoms with Crippen molar-refractivity contribution in [3.8, 4) is 0 Å². The number of nitrogens with one attached hydrogen (secondary N) is 1. The molecule has 1 aliphatic carbocycles. The molecule has 0 aromatic carbocycles. The van der Waals surface area contributed by atoms with Crippen molar-refractivity contribution in [2.24, 2.45) is 11.3 Å². The van der Waals surface area contributed by atoms with Crippen molar-refractivity contribution < 1.29 is 14.7 Å². The van der Waals surface area contributed by atoms with E-state index in [-0.39, 0.29) is 17.2 Å². The number of hydrogen-bond donors (Lipinski definition) is 2. The highest BCUT2D eigenvalue weighted by atomic mass is 16.4. The average molecular weight is 253 g/mol. The lowest BCUT2D eigenvalue weighted by atomic mass is 9.85. The number of hydrogen-bond acceptors (Lipinski definition) is 2. The first-order valence-corrected chi connectivity index (χ1v) is 6.48. The molecule has 1 saturated carbocycles. The number of carboxylic acid groups (broad SMARTS) is 1. The van der Waals surface area contributed by atoms with Crippen molar-refractivity contribution in [3.63, 3.8) is 0 Å². The second-order valence-electron chi connectivity index (χ2n) is 6.19. The summed E-state index contributed by atoms with van der Waals surface area (Å²) in [7, 11) is 0. The van der Waals surface area contributed by atoms with E-state index in [1.165, 1.54) is 6.08 Å². The zero-order valence-electron chi connectivity index (χ0n) is 11.5. The van der Waals surface area contributed by atoms with Crippen LogP contribution in [0, 0.1) is 11.3 Å². The SMILES string of the molecule is CC(C)(C)CNC(=O)C1CCC(=CC(=O)O)CC1. The lowest BCUT2D eigenvalue weighted by Gasteiger charge is -2.25. The van der Waals surface area contributed by atoms with Gasteiger partial charge in [0, 0.05) is 18.5 Å². The second kappa shape index (κ2) is 6.03. The normalized spacial score (nSPS) is 20.4. The average Bonchev–Trinajstić information content (AvgIpc) is 2.25. The lowest BCUT2D eigenvalue weighted by Crippen LogP contribution is -2.37. The van der Waals surface area contributed by atoms with Gasteiger partial charge in [-0.15, -0.1) is 0 Å². The van der Waals surface area contributed by atoms with Crippen LogP contribution in [0.3, 0.4) is 0 Å². The van der Waals surface area contributed by atoms with E-state index in [1.807, 2.05) is 0 Å². The largest absolute Gasteiger partial charge is 0.478 e. The fourth-order valence-corrected chi connectivity index (χ4v) is 2.07. The Morgan fingerprint density at radius 3 is 2.33 bits per heavy atom. The molecule has 18 heavy (non-hydrogen) atoms. The summed E-state index contributed by atoms with van der Waals surface area (Å²) in [5.41, 5.74) is 1.04. The minimum Gasteiger partial charge on any atom is -0.478 e. The Labute approximate surface area is 108 Å². The zero-order chi connectivity index (χ0) is 13.8. The summed E-state index contributed by atoms with van der Waals surface area (Å²) in [5.74, 6) is -0.738. The summed E-state index contributed by atoms with van der Waals surface area (Å²) in [4.78, 5) is 22.5. The van der Waals surface area contributed by atoms with Gasteiger partial charge in [-0.05, 0) is 31.1 Å². The number of carbonyl (C=O) groups is 2. The van der Waals surface area contributed by atoms with Crippen LogP contribution in [0.1, 0.15) is 46.5 Å². The van der Waals surface area contributed by atoms with E-state index in [2.05, 4.69) is 26.1 Å². The molecule has 0 saturated heterocycles. The minimum atomic E-state index is -0.888. The van der Waals surface area contributed by atoms with Crippen molar-refractivity contribution in [1.82, 2.24) is 5.32 Å². The van der Waals surface area contributed by atoms with Crippen LogP contribution in [0.5, 0.6) is 0 Å². The third-order valence-corrected chi connectivity index (χ3v) is 3.12. The fourth-order valence-electron chi connectivity index (χ4n) is 2.07. The van der Waals surface area contributed by atoms with Gasteiger partial charge in [0.15, 0.2) is 0 Å². The first-order valence-electron chi connectivity index (χ1n) is 6.48. The van der Waals surface area contributed by atoms with Gasteiger partial charge in [-0.1, -0.05) is 26.3 Å². The molecule has 1 aliphatic rings. The van der Waals surface area contributed by atoms with Crippen molar-refractivity contribution in [2.75, 3.05) is 6.54 Å². The molecule has 1 amide bonds. The molecule has 0 atom stereocenters. The molecule has 0 spiro atoms. The Hall–Kier alpha value is -1.32. The molecule has 1 rings (SSSR count). The molecular weight excluding hydrogens is 230 g/mol. The molecule has 0 radical (unpaired) electrons. The molecule has 0 heterocycles. The molecule has 4 heteroatoms. The third-order valence-electron chi connectivity index (χ3n) is 3.12. The Bertz CT molecular complexity index is 343. The molecule has 1 fully saturated rings. The van der Waals surface area contributed by atoms with Gasteiger partial charge < -0.3 is 10.4 Å². The molecule has 0 aliphatic heterocycles. The van der Waals surface area contributed by atoms with Crippen molar-refractivity contribution in [1.29, 1.82) is 0 Å². The zero-order valence-corrected chi connectivity index (χ0v) is 11.5. The molecule has 102 valence electrons. The van der Waals surface area contributed by atoms with Crippen LogP contribution in [0.15, 0.2) is 11.6 Å². The van der Waals surface area contributed by atoms with Crippen LogP contribution in [0.25, 0.3) is 0 Å². The summed E-state index contributed by atoms with van der Waals surface area (Å²) >= 11 is 0. The van der Waals surface area contributed by atoms with Crippen molar-refractivity contribution in [3.05, 3.63) is 11.6 Å². The standard InChI is InChI=1S/C14H23NO3/c1-14(2,3)9-15-13(18)11-6-4-10(5-7-11)8-12(16)17/h8,11H,4-7,9H2,1-3H3,(H,15,18)(H,16,17). The lowest BCUT2D eigenvalue weighted by molar-refractivity contribution is -0.131. The quantitative estimate of drug-likeness (QED) is 0.759. The third kappa shape index (κ3) is 5.34. The van der Waals surface area contributed by atoms with Gasteiger partial charge in [0.25, 0.3) is 0 Å². The van der Waals surface area contributed by atoms with E-state index in [4.69, 9.17) is 5.11 Å². The molecule has 0 aromatic heterocycles. The van der Waals surface area contributed by atoms with Gasteiger partial charge in [-0.25, -0.2) is 4.79 Å². The number of allylic oxidation sites excluding steroid dienone is 1. The highest BCUT2D eigenvalue weighted by Crippen LogP contribution is 2.28. The highest BCUT2D eigenvalue weighted by molar-refractivity contribution is 5.81. The maximum absolute atomic E-state index is 11.9. The predicted molar refractivity (Wildman–Crippen MR) is 70.1 cm³/mol. The summed E-state index contributed by atoms with van der Waals surface area (Å²) in [6, 6.07) is 0. The second-order valence-corrected chi connectivity index (χ2v) is 6.19. The van der Waals surface area contributed by atoms with Crippen LogP contribution in [0.4, 0.5) is 0 Å². The number of amides is 1. The number of carbonyl (C=O) groups excluding carboxylic acids is 1. The molecule has 4 nitrogen and oxygen atoms in total. The van der Waals surface area contributed by atoms with E-state index >= 15 is 0 Å². The van der Waals surface area contributed by atoms with Gasteiger partial charge in [-0.3, -0.25) is 4.79 Å². The van der Waals surface area contributed by atoms with Gasteiger partial charge >= 0.3 is 5.97 Å². The molecular formula is C14H23NO3. The Balaban J connectivity index is 2.39. The Morgan fingerprint density at radius 1 is 1.33 bits per heavy atom. The monoisotopic (exact) mass is 253 g/mol. The van der Waals surface area contributed by atoms with Gasteiger partial charge in [0.2, 0.25) is 5.91 Å². The Kier molecular flexibility index (Phi) is 4.93. The van der Waals surface area contributed by atoms with E-state index in [9.17, 15) is 9.59 Å². The number of carboxylic acids is 1. The van der Waals surface area contributed by atoms with Crippen LogP contribution in [-0.4, -0.2) is 23.5 Å². The molecule has 2 N–H and O–H groups in total. The van der Waals surface area contributed by atoms with Crippen LogP contribution >= 0.6 is 0 Å². The smallest absolute Gasteiger partial charge is 0.328 e. The van der Waals surface area contributed by atoms with Crippen LogP contribution in [-0.2, 0) is 9.59 Å². The van der Waals surface area contributed by atoms with Crippen LogP contribution < -0.4 is 5.32 Å². The summed E-state index contributed by atoms with van der Waals surface area (Å²) in [6.07, 6.45) is 4.24. The van der Waals surface area contributed by atoms with E-state index in [0.717, 1.165) is 31.3 Å². The van der Waals surface area contributed by atoms with Crippen molar-refractivity contribution >= 4 is 11.9 Å².